The lowest BCUT2D eigenvalue weighted by molar-refractivity contribution is -0.159. The average molecular weight is 429 g/mol. The molecule has 2 aromatic carbocycles. The summed E-state index contributed by atoms with van der Waals surface area (Å²) in [6, 6.07) is 14.0. The molecule has 0 spiro atoms. The fourth-order valence-electron chi connectivity index (χ4n) is 2.87. The molecule has 0 saturated carbocycles. The van der Waals surface area contributed by atoms with E-state index in [1.54, 1.807) is 42.5 Å². The molecular weight excluding hydrogens is 409 g/mol. The summed E-state index contributed by atoms with van der Waals surface area (Å²) in [5.74, 6) is -2.95. The summed E-state index contributed by atoms with van der Waals surface area (Å²) in [4.78, 5) is 34.8. The number of hydrogen-bond donors (Lipinski definition) is 4. The first-order valence-electron chi connectivity index (χ1n) is 9.20. The minimum absolute atomic E-state index is 0.0153. The Hall–Kier alpha value is -3.76. The van der Waals surface area contributed by atoms with E-state index in [0.717, 1.165) is 13.0 Å². The number of halogens is 1. The van der Waals surface area contributed by atoms with Gasteiger partial charge in [0.25, 0.3) is 5.56 Å². The molecule has 1 heterocycles. The van der Waals surface area contributed by atoms with Crippen molar-refractivity contribution in [3.8, 4) is 11.1 Å². The van der Waals surface area contributed by atoms with Gasteiger partial charge in [0, 0.05) is 12.1 Å². The minimum Gasteiger partial charge on any atom is -0.479 e. The van der Waals surface area contributed by atoms with Crippen molar-refractivity contribution in [1.29, 1.82) is 0 Å². The number of nitrogens with one attached hydrogen (secondary N) is 2. The molecule has 10 heteroatoms. The van der Waals surface area contributed by atoms with E-state index >= 15 is 0 Å². The van der Waals surface area contributed by atoms with Crippen molar-refractivity contribution in [3.05, 3.63) is 82.1 Å². The molecule has 0 aliphatic carbocycles. The van der Waals surface area contributed by atoms with E-state index in [9.17, 15) is 29.0 Å². The quantitative estimate of drug-likeness (QED) is 0.401. The van der Waals surface area contributed by atoms with Crippen molar-refractivity contribution >= 4 is 11.9 Å². The molecule has 0 aliphatic rings. The number of carboxylic acids is 1. The second kappa shape index (κ2) is 8.94. The Morgan fingerprint density at radius 2 is 1.87 bits per heavy atom. The van der Waals surface area contributed by atoms with Gasteiger partial charge in [0.2, 0.25) is 5.76 Å². The summed E-state index contributed by atoms with van der Waals surface area (Å²) < 4.78 is 18.7. The van der Waals surface area contributed by atoms with Crippen LogP contribution in [-0.4, -0.2) is 44.4 Å². The highest BCUT2D eigenvalue weighted by Crippen LogP contribution is 2.23. The first kappa shape index (κ1) is 21.9. The first-order chi connectivity index (χ1) is 14.7. The van der Waals surface area contributed by atoms with E-state index in [2.05, 4.69) is 5.43 Å². The van der Waals surface area contributed by atoms with Crippen LogP contribution in [0, 0.1) is 5.82 Å². The summed E-state index contributed by atoms with van der Waals surface area (Å²) >= 11 is 0. The summed E-state index contributed by atoms with van der Waals surface area (Å²) in [5, 5.41) is 22.5. The van der Waals surface area contributed by atoms with Gasteiger partial charge in [0.15, 0.2) is 5.60 Å². The van der Waals surface area contributed by atoms with E-state index in [0.29, 0.717) is 16.7 Å². The Labute approximate surface area is 175 Å². The number of carbonyl (C=O) groups excluding carboxylic acids is 1. The van der Waals surface area contributed by atoms with Crippen molar-refractivity contribution in [3.63, 3.8) is 0 Å². The number of H-pyrrole nitrogens is 1. The predicted octanol–water partition coefficient (Wildman–Crippen LogP) is 1.76. The van der Waals surface area contributed by atoms with Gasteiger partial charge in [-0.05, 0) is 24.1 Å². The van der Waals surface area contributed by atoms with Crippen molar-refractivity contribution in [2.45, 2.75) is 19.1 Å². The molecule has 0 aliphatic heterocycles. The number of hydrogen-bond acceptors (Lipinski definition) is 6. The largest absolute Gasteiger partial charge is 0.479 e. The third-order valence-corrected chi connectivity index (χ3v) is 4.48. The lowest BCUT2D eigenvalue weighted by Gasteiger charge is -2.28. The Morgan fingerprint density at radius 3 is 2.45 bits per heavy atom. The second-order valence-electron chi connectivity index (χ2n) is 7.13. The predicted molar refractivity (Wildman–Crippen MR) is 107 cm³/mol. The number of aliphatic carboxylic acids is 1. The maximum atomic E-state index is 14.0. The van der Waals surface area contributed by atoms with E-state index in [-0.39, 0.29) is 18.1 Å². The molecule has 0 radical (unpaired) electrons. The summed E-state index contributed by atoms with van der Waals surface area (Å²) in [7, 11) is 0. The summed E-state index contributed by atoms with van der Waals surface area (Å²) in [6.07, 6.45) is 0. The van der Waals surface area contributed by atoms with Crippen LogP contribution in [0.25, 0.3) is 11.1 Å². The Morgan fingerprint density at radius 1 is 1.19 bits per heavy atom. The maximum Gasteiger partial charge on any atom is 0.336 e. The van der Waals surface area contributed by atoms with Gasteiger partial charge in [-0.25, -0.2) is 14.2 Å². The van der Waals surface area contributed by atoms with Crippen LogP contribution in [0.15, 0.2) is 63.9 Å². The topological polar surface area (TPSA) is 136 Å². The van der Waals surface area contributed by atoms with Gasteiger partial charge >= 0.3 is 11.9 Å². The van der Waals surface area contributed by atoms with Crippen LogP contribution in [0.1, 0.15) is 23.0 Å². The van der Waals surface area contributed by atoms with Crippen LogP contribution < -0.4 is 11.0 Å². The number of hydrazine groups is 1. The molecule has 1 amide bonds. The van der Waals surface area contributed by atoms with Crippen LogP contribution in [0.4, 0.5) is 4.39 Å². The molecule has 0 unspecified atom stereocenters. The van der Waals surface area contributed by atoms with Gasteiger partial charge < -0.3 is 14.7 Å². The van der Waals surface area contributed by atoms with Crippen LogP contribution in [0.3, 0.4) is 0 Å². The molecule has 9 nitrogen and oxygen atoms in total. The van der Waals surface area contributed by atoms with E-state index in [1.165, 1.54) is 11.1 Å². The number of aromatic nitrogens is 1. The van der Waals surface area contributed by atoms with Crippen molar-refractivity contribution in [2.24, 2.45) is 0 Å². The molecule has 4 N–H and O–H groups in total. The molecule has 0 saturated heterocycles. The highest BCUT2D eigenvalue weighted by molar-refractivity contribution is 5.90. The Balaban J connectivity index is 1.80. The highest BCUT2D eigenvalue weighted by Gasteiger charge is 2.33. The zero-order chi connectivity index (χ0) is 22.6. The number of nitrogens with zero attached hydrogens (tertiary/aromatic N) is 1. The first-order valence-corrected chi connectivity index (χ1v) is 9.20. The summed E-state index contributed by atoms with van der Waals surface area (Å²) in [5.41, 5.74) is 1.36. The van der Waals surface area contributed by atoms with Crippen LogP contribution in [0.2, 0.25) is 0 Å². The molecule has 3 rings (SSSR count). The molecule has 162 valence electrons. The highest BCUT2D eigenvalue weighted by atomic mass is 19.1. The smallest absolute Gasteiger partial charge is 0.336 e. The number of amides is 1. The van der Waals surface area contributed by atoms with Crippen LogP contribution in [-0.2, 0) is 11.3 Å². The van der Waals surface area contributed by atoms with Gasteiger partial charge in [-0.3, -0.25) is 15.0 Å². The van der Waals surface area contributed by atoms with Crippen molar-refractivity contribution < 1.29 is 28.7 Å². The standard InChI is InChI=1S/C21H20FN3O6/c1-21(30,20(28)29)12-25(23-19(27)17-10-18(26)24-31-17)11-13-6-8-14(9-7-13)15-4-2-3-5-16(15)22/h2-10,30H,11-12H2,1H3,(H,23,27)(H,24,26)(H,28,29)/t21-/m1/s1. The van der Waals surface area contributed by atoms with E-state index in [4.69, 9.17) is 4.52 Å². The average Bonchev–Trinajstić information content (AvgIpc) is 3.15. The van der Waals surface area contributed by atoms with E-state index in [1.807, 2.05) is 5.16 Å². The third kappa shape index (κ3) is 5.44. The SMILES string of the molecule is C[C@@](O)(CN(Cc1ccc(-c2ccccc2F)cc1)NC(=O)c1cc(=O)[nH]o1)C(=O)O. The number of aliphatic hydroxyl groups is 1. The number of benzene rings is 2. The van der Waals surface area contributed by atoms with Crippen molar-refractivity contribution in [2.75, 3.05) is 6.54 Å². The Kier molecular flexibility index (Phi) is 6.33. The summed E-state index contributed by atoms with van der Waals surface area (Å²) in [6.45, 7) is 0.644. The fourth-order valence-corrected chi connectivity index (χ4v) is 2.87. The zero-order valence-electron chi connectivity index (χ0n) is 16.5. The number of aromatic amines is 1. The number of carboxylic acid groups (broad SMARTS) is 1. The maximum absolute atomic E-state index is 14.0. The molecule has 1 aromatic heterocycles. The molecule has 3 aromatic rings. The second-order valence-corrected chi connectivity index (χ2v) is 7.13. The lowest BCUT2D eigenvalue weighted by atomic mass is 10.0. The van der Waals surface area contributed by atoms with Gasteiger partial charge in [0.1, 0.15) is 5.82 Å². The molecule has 0 bridgehead atoms. The van der Waals surface area contributed by atoms with Crippen LogP contribution >= 0.6 is 0 Å². The minimum atomic E-state index is -2.17. The van der Waals surface area contributed by atoms with Crippen LogP contribution in [0.5, 0.6) is 0 Å². The van der Waals surface area contributed by atoms with Gasteiger partial charge in [0.05, 0.1) is 12.6 Å². The lowest BCUT2D eigenvalue weighted by Crippen LogP contribution is -2.52. The Bertz CT molecular complexity index is 1140. The van der Waals surface area contributed by atoms with Gasteiger partial charge in [-0.15, -0.1) is 0 Å². The fraction of sp³-hybridized carbons (Fsp3) is 0.190. The van der Waals surface area contributed by atoms with Gasteiger partial charge in [-0.2, -0.15) is 5.16 Å². The monoisotopic (exact) mass is 429 g/mol. The molecule has 1 atom stereocenters. The van der Waals surface area contributed by atoms with Gasteiger partial charge in [-0.1, -0.05) is 42.5 Å². The zero-order valence-corrected chi connectivity index (χ0v) is 16.5. The molecular formula is C21H20FN3O6. The molecule has 31 heavy (non-hydrogen) atoms. The van der Waals surface area contributed by atoms with Crippen molar-refractivity contribution in [1.82, 2.24) is 15.6 Å². The number of rotatable bonds is 8. The number of carbonyl (C=O) groups is 2. The third-order valence-electron chi connectivity index (χ3n) is 4.48. The van der Waals surface area contributed by atoms with E-state index < -0.39 is 29.6 Å². The normalized spacial score (nSPS) is 13.0. The molecule has 0 fully saturated rings.